The van der Waals surface area contributed by atoms with Gasteiger partial charge >= 0.3 is 0 Å². The lowest BCUT2D eigenvalue weighted by Gasteiger charge is -2.21. The molecule has 3 heteroatoms. The van der Waals surface area contributed by atoms with Crippen LogP contribution in [0.25, 0.3) is 0 Å². The van der Waals surface area contributed by atoms with Crippen molar-refractivity contribution in [1.82, 2.24) is 10.2 Å². The molecule has 0 spiro atoms. The van der Waals surface area contributed by atoms with Crippen LogP contribution in [0.15, 0.2) is 29.7 Å². The van der Waals surface area contributed by atoms with Gasteiger partial charge in [0.05, 0.1) is 0 Å². The van der Waals surface area contributed by atoms with E-state index in [-0.39, 0.29) is 6.29 Å². The Hall–Kier alpha value is -1.25. The van der Waals surface area contributed by atoms with Crippen molar-refractivity contribution >= 4 is 5.71 Å². The monoisotopic (exact) mass is 195 g/mol. The standard InChI is InChI=1S/C7H9N3.2C2H6/c1-6-2-4-10-5-3-8-7(10)9-6;2*1-2/h2-5,7-8H,1H3;2*1-2H3. The molecule has 0 amide bonds. The largest absolute Gasteiger partial charge is 0.351 e. The van der Waals surface area contributed by atoms with Gasteiger partial charge in [0.2, 0.25) is 0 Å². The van der Waals surface area contributed by atoms with E-state index in [9.17, 15) is 0 Å². The summed E-state index contributed by atoms with van der Waals surface area (Å²) in [6.07, 6.45) is 8.00. The van der Waals surface area contributed by atoms with Gasteiger partial charge in [0, 0.05) is 24.3 Å². The third-order valence-electron chi connectivity index (χ3n) is 1.59. The van der Waals surface area contributed by atoms with E-state index < -0.39 is 0 Å². The first-order valence-electron chi connectivity index (χ1n) is 5.29. The highest BCUT2D eigenvalue weighted by atomic mass is 15.4. The van der Waals surface area contributed by atoms with Crippen molar-refractivity contribution < 1.29 is 0 Å². The van der Waals surface area contributed by atoms with Crippen molar-refractivity contribution in [2.45, 2.75) is 40.9 Å². The summed E-state index contributed by atoms with van der Waals surface area (Å²) >= 11 is 0. The molecule has 2 aliphatic heterocycles. The van der Waals surface area contributed by atoms with Gasteiger partial charge in [-0.25, -0.2) is 4.99 Å². The van der Waals surface area contributed by atoms with Gasteiger partial charge in [-0.15, -0.1) is 0 Å². The zero-order chi connectivity index (χ0) is 11.0. The Labute approximate surface area is 87.2 Å². The van der Waals surface area contributed by atoms with Gasteiger partial charge < -0.3 is 10.2 Å². The molecule has 1 N–H and O–H groups in total. The number of nitrogens with zero attached hydrogens (tertiary/aromatic N) is 2. The highest BCUT2D eigenvalue weighted by Gasteiger charge is 2.16. The lowest BCUT2D eigenvalue weighted by molar-refractivity contribution is 0.374. The maximum Gasteiger partial charge on any atom is 0.199 e. The fraction of sp³-hybridized carbons (Fsp3) is 0.545. The molecule has 0 aliphatic carbocycles. The molecule has 80 valence electrons. The second-order valence-electron chi connectivity index (χ2n) is 2.39. The molecule has 1 unspecified atom stereocenters. The molecule has 0 bridgehead atoms. The second-order valence-corrected chi connectivity index (χ2v) is 2.39. The topological polar surface area (TPSA) is 27.6 Å². The molecular weight excluding hydrogens is 174 g/mol. The molecule has 2 heterocycles. The van der Waals surface area contributed by atoms with Crippen LogP contribution in [0.5, 0.6) is 0 Å². The smallest absolute Gasteiger partial charge is 0.199 e. The van der Waals surface area contributed by atoms with Crippen LogP contribution in [0.4, 0.5) is 0 Å². The normalized spacial score (nSPS) is 20.8. The Bertz CT molecular complexity index is 229. The number of rotatable bonds is 0. The van der Waals surface area contributed by atoms with E-state index >= 15 is 0 Å². The van der Waals surface area contributed by atoms with Crippen LogP contribution in [0.3, 0.4) is 0 Å². The average Bonchev–Trinajstić information content (AvgIpc) is 2.71. The van der Waals surface area contributed by atoms with Crippen LogP contribution in [0.1, 0.15) is 34.6 Å². The molecule has 3 nitrogen and oxygen atoms in total. The Balaban J connectivity index is 0.000000379. The molecular formula is C11H21N3. The van der Waals surface area contributed by atoms with Crippen molar-refractivity contribution in [2.75, 3.05) is 0 Å². The molecule has 2 rings (SSSR count). The highest BCUT2D eigenvalue weighted by molar-refractivity contribution is 5.93. The first-order valence-corrected chi connectivity index (χ1v) is 5.29. The Morgan fingerprint density at radius 1 is 1.21 bits per heavy atom. The molecule has 0 saturated carbocycles. The lowest BCUT2D eigenvalue weighted by atomic mass is 10.3. The minimum atomic E-state index is 0.116. The van der Waals surface area contributed by atoms with E-state index in [1.165, 1.54) is 0 Å². The van der Waals surface area contributed by atoms with E-state index in [1.807, 2.05) is 64.2 Å². The number of aliphatic imine (C=N–C) groups is 1. The van der Waals surface area contributed by atoms with Crippen molar-refractivity contribution in [2.24, 2.45) is 4.99 Å². The highest BCUT2D eigenvalue weighted by Crippen LogP contribution is 2.10. The summed E-state index contributed by atoms with van der Waals surface area (Å²) in [4.78, 5) is 6.35. The predicted molar refractivity (Wildman–Crippen MR) is 62.8 cm³/mol. The van der Waals surface area contributed by atoms with Crippen LogP contribution >= 0.6 is 0 Å². The van der Waals surface area contributed by atoms with Gasteiger partial charge in [0.1, 0.15) is 0 Å². The van der Waals surface area contributed by atoms with E-state index in [2.05, 4.69) is 10.3 Å². The third kappa shape index (κ3) is 3.24. The van der Waals surface area contributed by atoms with Gasteiger partial charge in [-0.3, -0.25) is 0 Å². The quantitative estimate of drug-likeness (QED) is 0.643. The number of nitrogens with one attached hydrogen (secondary N) is 1. The van der Waals surface area contributed by atoms with Crippen LogP contribution in [0.2, 0.25) is 0 Å². The summed E-state index contributed by atoms with van der Waals surface area (Å²) in [5.74, 6) is 0. The second kappa shape index (κ2) is 7.18. The maximum atomic E-state index is 4.33. The van der Waals surface area contributed by atoms with E-state index in [1.54, 1.807) is 0 Å². The molecule has 0 aromatic heterocycles. The van der Waals surface area contributed by atoms with E-state index in [4.69, 9.17) is 0 Å². The lowest BCUT2D eigenvalue weighted by Crippen LogP contribution is -2.32. The molecule has 2 aliphatic rings. The molecule has 0 aromatic rings. The summed E-state index contributed by atoms with van der Waals surface area (Å²) in [6, 6.07) is 0. The van der Waals surface area contributed by atoms with Crippen LogP contribution < -0.4 is 5.32 Å². The summed E-state index contributed by atoms with van der Waals surface area (Å²) in [5.41, 5.74) is 1.07. The number of allylic oxidation sites excluding steroid dienone is 1. The number of fused-ring (bicyclic) bond motifs is 1. The van der Waals surface area contributed by atoms with Crippen molar-refractivity contribution in [3.63, 3.8) is 0 Å². The fourth-order valence-corrected chi connectivity index (χ4v) is 1.05. The van der Waals surface area contributed by atoms with E-state index in [0.29, 0.717) is 0 Å². The molecule has 14 heavy (non-hydrogen) atoms. The SMILES string of the molecule is CC.CC.CC1=NC2NC=CN2C=C1. The molecule has 0 radical (unpaired) electrons. The van der Waals surface area contributed by atoms with Crippen LogP contribution in [-0.2, 0) is 0 Å². The summed E-state index contributed by atoms with van der Waals surface area (Å²) < 4.78 is 0. The minimum absolute atomic E-state index is 0.116. The maximum absolute atomic E-state index is 4.33. The number of hydrogen-bond donors (Lipinski definition) is 1. The Morgan fingerprint density at radius 2 is 1.86 bits per heavy atom. The fourth-order valence-electron chi connectivity index (χ4n) is 1.05. The first-order chi connectivity index (χ1) is 6.86. The molecule has 0 fully saturated rings. The van der Waals surface area contributed by atoms with Gasteiger partial charge in [0.25, 0.3) is 0 Å². The van der Waals surface area contributed by atoms with Crippen molar-refractivity contribution in [3.8, 4) is 0 Å². The van der Waals surface area contributed by atoms with E-state index in [0.717, 1.165) is 5.71 Å². The summed E-state index contributed by atoms with van der Waals surface area (Å²) in [6.45, 7) is 9.99. The third-order valence-corrected chi connectivity index (χ3v) is 1.59. The van der Waals surface area contributed by atoms with Gasteiger partial charge in [0.15, 0.2) is 6.29 Å². The first kappa shape index (κ1) is 12.8. The zero-order valence-corrected chi connectivity index (χ0v) is 9.78. The van der Waals surface area contributed by atoms with Crippen molar-refractivity contribution in [1.29, 1.82) is 0 Å². The van der Waals surface area contributed by atoms with Gasteiger partial charge in [-0.1, -0.05) is 27.7 Å². The number of hydrogen-bond acceptors (Lipinski definition) is 3. The van der Waals surface area contributed by atoms with Crippen LogP contribution in [0, 0.1) is 0 Å². The predicted octanol–water partition coefficient (Wildman–Crippen LogP) is 2.69. The van der Waals surface area contributed by atoms with Crippen LogP contribution in [-0.4, -0.2) is 16.9 Å². The summed E-state index contributed by atoms with van der Waals surface area (Å²) in [5, 5.41) is 3.10. The van der Waals surface area contributed by atoms with Gasteiger partial charge in [-0.2, -0.15) is 0 Å². The summed E-state index contributed by atoms with van der Waals surface area (Å²) in [7, 11) is 0. The van der Waals surface area contributed by atoms with Gasteiger partial charge in [-0.05, 0) is 13.0 Å². The Kier molecular flexibility index (Phi) is 6.54. The Morgan fingerprint density at radius 3 is 2.50 bits per heavy atom. The molecule has 0 saturated heterocycles. The zero-order valence-electron chi connectivity index (χ0n) is 9.78. The average molecular weight is 195 g/mol. The molecule has 0 aromatic carbocycles. The minimum Gasteiger partial charge on any atom is -0.351 e. The molecule has 1 atom stereocenters. The van der Waals surface area contributed by atoms with Crippen molar-refractivity contribution in [3.05, 3.63) is 24.7 Å².